The first-order chi connectivity index (χ1) is 23.0. The zero-order chi connectivity index (χ0) is 36.2. The van der Waals surface area contributed by atoms with Gasteiger partial charge in [0.15, 0.2) is 18.1 Å². The number of hydrogen-bond acceptors (Lipinski definition) is 4. The Morgan fingerprint density at radius 3 is 2.49 bits per heavy atom. The highest BCUT2D eigenvalue weighted by Crippen LogP contribution is 2.73. The Morgan fingerprint density at radius 2 is 1.82 bits per heavy atom. The van der Waals surface area contributed by atoms with Gasteiger partial charge in [0.05, 0.1) is 15.7 Å². The van der Waals surface area contributed by atoms with Gasteiger partial charge < -0.3 is 4.74 Å². The molecule has 0 N–H and O–H groups in total. The maximum Gasteiger partial charge on any atom is 0.317 e. The van der Waals surface area contributed by atoms with Crippen LogP contribution < -0.4 is 0 Å². The summed E-state index contributed by atoms with van der Waals surface area (Å²) in [5.74, 6) is -1.98. The second-order valence-electron chi connectivity index (χ2n) is 16.1. The van der Waals surface area contributed by atoms with Crippen molar-refractivity contribution in [2.75, 3.05) is 6.67 Å². The molecule has 9 atom stereocenters. The third-order valence-electron chi connectivity index (χ3n) is 13.3. The van der Waals surface area contributed by atoms with E-state index in [1.807, 2.05) is 84.1 Å². The quantitative estimate of drug-likeness (QED) is 0.143. The van der Waals surface area contributed by atoms with Crippen molar-refractivity contribution >= 4 is 40.7 Å². The van der Waals surface area contributed by atoms with Crippen LogP contribution in [0, 0.1) is 34.0 Å². The molecule has 0 saturated heterocycles. The van der Waals surface area contributed by atoms with Gasteiger partial charge in [0, 0.05) is 16.7 Å². The lowest BCUT2D eigenvalue weighted by atomic mass is 9.46. The van der Waals surface area contributed by atoms with Crippen molar-refractivity contribution in [3.05, 3.63) is 82.5 Å². The molecule has 0 spiro atoms. The van der Waals surface area contributed by atoms with Crippen molar-refractivity contribution in [2.24, 2.45) is 34.0 Å². The van der Waals surface area contributed by atoms with E-state index in [-0.39, 0.29) is 24.0 Å². The number of hydrogen-bond donors (Lipinski definition) is 0. The molecular formula is C42H53Cl2FO4. The van der Waals surface area contributed by atoms with E-state index < -0.39 is 56.4 Å². The molecule has 3 fully saturated rings. The van der Waals surface area contributed by atoms with Crippen molar-refractivity contribution in [1.82, 2.24) is 0 Å². The number of Topliss-reactive ketones (excluding diaryl/α,β-unsaturated/α-hetero) is 1. The number of alkyl halides is 3. The highest BCUT2D eigenvalue weighted by Gasteiger charge is 2.76. The molecule has 4 nitrogen and oxygen atoms in total. The smallest absolute Gasteiger partial charge is 0.317 e. The minimum atomic E-state index is -1.70. The fourth-order valence-corrected chi connectivity index (χ4v) is 11.6. The first-order valence-electron chi connectivity index (χ1n) is 17.9. The highest BCUT2D eigenvalue weighted by atomic mass is 35.5. The van der Waals surface area contributed by atoms with E-state index in [1.54, 1.807) is 12.2 Å². The van der Waals surface area contributed by atoms with Crippen LogP contribution in [-0.2, 0) is 19.1 Å². The SMILES string of the molecule is C/C=C(C)/C=C/C=C(C)/C=C/C1=C(C)CCCC1(C)C(=O)O[C@@]1(C(=O)CF)[C@H](C)C[C@H]2[C@@H]3CCC4=CC(=O)C=C[C@]4(C)[C@@]3(Cl)[C@@H](Cl)C[C@@]21C. The predicted molar refractivity (Wildman–Crippen MR) is 197 cm³/mol. The zero-order valence-corrected chi connectivity index (χ0v) is 31.9. The van der Waals surface area contributed by atoms with Gasteiger partial charge in [-0.05, 0) is 109 Å². The van der Waals surface area contributed by atoms with Gasteiger partial charge in [-0.15, -0.1) is 23.2 Å². The number of ether oxygens (including phenoxy) is 1. The summed E-state index contributed by atoms with van der Waals surface area (Å²) in [6.45, 7) is 14.7. The zero-order valence-electron chi connectivity index (χ0n) is 30.4. The fourth-order valence-electron chi connectivity index (χ4n) is 10.4. The van der Waals surface area contributed by atoms with Crippen LogP contribution in [0.15, 0.2) is 82.5 Å². The lowest BCUT2D eigenvalue weighted by molar-refractivity contribution is -0.200. The van der Waals surface area contributed by atoms with Crippen LogP contribution in [0.4, 0.5) is 4.39 Å². The average Bonchev–Trinajstić information content (AvgIpc) is 3.27. The van der Waals surface area contributed by atoms with Crippen LogP contribution in [0.25, 0.3) is 0 Å². The summed E-state index contributed by atoms with van der Waals surface area (Å²) >= 11 is 15.1. The summed E-state index contributed by atoms with van der Waals surface area (Å²) in [7, 11) is 0. The number of carbonyl (C=O) groups is 3. The van der Waals surface area contributed by atoms with Crippen molar-refractivity contribution in [1.29, 1.82) is 0 Å². The van der Waals surface area contributed by atoms with Crippen LogP contribution in [0.3, 0.4) is 0 Å². The van der Waals surface area contributed by atoms with E-state index in [0.717, 1.165) is 35.1 Å². The second-order valence-corrected chi connectivity index (χ2v) is 17.2. The van der Waals surface area contributed by atoms with E-state index in [0.29, 0.717) is 25.7 Å². The molecule has 5 aliphatic rings. The highest BCUT2D eigenvalue weighted by molar-refractivity contribution is 6.34. The van der Waals surface area contributed by atoms with Gasteiger partial charge in [0.1, 0.15) is 0 Å². The maximum atomic E-state index is 14.8. The molecule has 0 bridgehead atoms. The molecular weight excluding hydrogens is 658 g/mol. The van der Waals surface area contributed by atoms with Crippen molar-refractivity contribution < 1.29 is 23.5 Å². The topological polar surface area (TPSA) is 60.4 Å². The second kappa shape index (κ2) is 13.6. The summed E-state index contributed by atoms with van der Waals surface area (Å²) in [5.41, 5.74) is 0.859. The summed E-state index contributed by atoms with van der Waals surface area (Å²) in [6, 6.07) is 0. The van der Waals surface area contributed by atoms with E-state index in [1.165, 1.54) is 5.57 Å². The molecule has 0 aromatic heterocycles. The number of carbonyl (C=O) groups excluding carboxylic acids is 3. The summed E-state index contributed by atoms with van der Waals surface area (Å²) in [5, 5.41) is -0.630. The molecule has 3 saturated carbocycles. The summed E-state index contributed by atoms with van der Waals surface area (Å²) in [4.78, 5) is 40.3. The van der Waals surface area contributed by atoms with Crippen molar-refractivity contribution in [2.45, 2.75) is 116 Å². The van der Waals surface area contributed by atoms with Crippen LogP contribution in [0.2, 0.25) is 0 Å². The standard InChI is InChI=1S/C42H53Cl2FO4/c1-9-26(2)12-10-13-27(3)15-17-32-28(4)14-11-20-38(32,6)37(48)49-42(36(47)25-45)29(5)22-34-33-18-16-30-23-31(46)19-21-39(30,7)41(33,44)35(43)24-40(34,42)8/h9-10,12-13,15,17,19,21,23,29,33-35H,11,14,16,18,20,22,24-25H2,1-8H3/b12-10+,17-15+,26-9+,27-13+/t29-,33+,34+,35+,38?,39+,40+,41+,42-/m1/s1. The molecule has 5 aliphatic carbocycles. The Hall–Kier alpha value is -2.50. The Labute approximate surface area is 302 Å². The van der Waals surface area contributed by atoms with Gasteiger partial charge in [-0.3, -0.25) is 14.4 Å². The third kappa shape index (κ3) is 5.74. The maximum absolute atomic E-state index is 14.8. The summed E-state index contributed by atoms with van der Waals surface area (Å²) < 4.78 is 21.5. The molecule has 0 heterocycles. The molecule has 0 radical (unpaired) electrons. The molecule has 0 amide bonds. The monoisotopic (exact) mass is 710 g/mol. The Balaban J connectivity index is 1.52. The fraction of sp³-hybridized carbons (Fsp3) is 0.595. The predicted octanol–water partition coefficient (Wildman–Crippen LogP) is 10.5. The largest absolute Gasteiger partial charge is 0.449 e. The minimum absolute atomic E-state index is 0.0517. The lowest BCUT2D eigenvalue weighted by Crippen LogP contribution is -2.68. The van der Waals surface area contributed by atoms with Crippen molar-refractivity contribution in [3.63, 3.8) is 0 Å². The summed E-state index contributed by atoms with van der Waals surface area (Å²) in [6.07, 6.45) is 21.7. The number of esters is 1. The number of fused-ring (bicyclic) bond motifs is 5. The van der Waals surface area contributed by atoms with Crippen LogP contribution in [0.5, 0.6) is 0 Å². The normalized spacial score (nSPS) is 41.1. The van der Waals surface area contributed by atoms with Crippen LogP contribution in [-0.4, -0.2) is 40.1 Å². The number of rotatable bonds is 8. The first-order valence-corrected chi connectivity index (χ1v) is 18.7. The Kier molecular flexibility index (Phi) is 10.4. The van der Waals surface area contributed by atoms with Crippen molar-refractivity contribution in [3.8, 4) is 0 Å². The average molecular weight is 712 g/mol. The van der Waals surface area contributed by atoms with E-state index in [4.69, 9.17) is 27.9 Å². The molecule has 0 aromatic rings. The first kappa shape index (κ1) is 37.7. The molecule has 1 unspecified atom stereocenters. The van der Waals surface area contributed by atoms with E-state index in [2.05, 4.69) is 13.8 Å². The molecule has 0 aliphatic heterocycles. The lowest BCUT2D eigenvalue weighted by Gasteiger charge is -2.64. The van der Waals surface area contributed by atoms with Gasteiger partial charge in [-0.25, -0.2) is 4.39 Å². The minimum Gasteiger partial charge on any atom is -0.449 e. The molecule has 0 aromatic carbocycles. The molecule has 49 heavy (non-hydrogen) atoms. The van der Waals surface area contributed by atoms with Gasteiger partial charge >= 0.3 is 5.97 Å². The number of ketones is 2. The van der Waals surface area contributed by atoms with Gasteiger partial charge in [-0.2, -0.15) is 0 Å². The number of halogens is 3. The van der Waals surface area contributed by atoms with E-state index in [9.17, 15) is 18.8 Å². The van der Waals surface area contributed by atoms with E-state index >= 15 is 0 Å². The molecule has 5 rings (SSSR count). The molecule has 266 valence electrons. The van der Waals surface area contributed by atoms with Crippen LogP contribution in [0.1, 0.15) is 100 Å². The third-order valence-corrected chi connectivity index (χ3v) is 14.9. The van der Waals surface area contributed by atoms with Crippen LogP contribution >= 0.6 is 23.2 Å². The Morgan fingerprint density at radius 1 is 1.10 bits per heavy atom. The van der Waals surface area contributed by atoms with Gasteiger partial charge in [0.2, 0.25) is 5.78 Å². The Bertz CT molecular complexity index is 1630. The number of allylic oxidation sites excluding steroid dienone is 13. The van der Waals surface area contributed by atoms with Gasteiger partial charge in [0.25, 0.3) is 0 Å². The molecule has 7 heteroatoms. The van der Waals surface area contributed by atoms with Gasteiger partial charge in [-0.1, -0.05) is 85.6 Å².